The topological polar surface area (TPSA) is 41.6 Å². The van der Waals surface area contributed by atoms with Crippen LogP contribution in [-0.2, 0) is 11.3 Å². The van der Waals surface area contributed by atoms with Gasteiger partial charge in [-0.25, -0.2) is 4.79 Å². The number of alkyl carbamates (subject to hydrolysis) is 1. The number of fused-ring (bicyclic) bond motifs is 2. The number of carbonyl (C=O) groups excluding carboxylic acids is 1. The molecule has 2 aliphatic rings. The molecule has 2 aliphatic heterocycles. The van der Waals surface area contributed by atoms with Crippen molar-refractivity contribution in [2.75, 3.05) is 6.54 Å². The number of nitrogens with zero attached hydrogens (tertiary/aromatic N) is 1. The summed E-state index contributed by atoms with van der Waals surface area (Å²) in [6, 6.07) is 12.3. The van der Waals surface area contributed by atoms with Crippen LogP contribution in [0.5, 0.6) is 0 Å². The summed E-state index contributed by atoms with van der Waals surface area (Å²) in [6.45, 7) is 7.50. The molecule has 0 spiro atoms. The van der Waals surface area contributed by atoms with Crippen molar-refractivity contribution in [3.8, 4) is 0 Å². The Kier molecular flexibility index (Phi) is 6.23. The largest absolute Gasteiger partial charge is 0.444 e. The number of ether oxygens (including phenoxy) is 1. The van der Waals surface area contributed by atoms with Crippen molar-refractivity contribution in [1.29, 1.82) is 0 Å². The average molecular weight is 359 g/mol. The molecule has 0 saturated carbocycles. The SMILES string of the molecule is CC(C)(C)OC(=O)NCCC1CC2CCCC(C1)N2Cc1ccccc1. The number of amides is 1. The van der Waals surface area contributed by atoms with E-state index in [1.54, 1.807) is 0 Å². The second-order valence-corrected chi connectivity index (χ2v) is 8.95. The Morgan fingerprint density at radius 1 is 1.15 bits per heavy atom. The standard InChI is InChI=1S/C22H34N2O2/c1-22(2,3)26-21(25)23-13-12-18-14-19-10-7-11-20(15-18)24(19)16-17-8-5-4-6-9-17/h4-6,8-9,18-20H,7,10-16H2,1-3H3,(H,23,25). The van der Waals surface area contributed by atoms with E-state index in [1.165, 1.54) is 37.7 Å². The summed E-state index contributed by atoms with van der Waals surface area (Å²) < 4.78 is 5.33. The Bertz CT molecular complexity index is 568. The van der Waals surface area contributed by atoms with Gasteiger partial charge < -0.3 is 10.1 Å². The van der Waals surface area contributed by atoms with Crippen molar-refractivity contribution >= 4 is 6.09 Å². The van der Waals surface area contributed by atoms with Crippen molar-refractivity contribution in [2.24, 2.45) is 5.92 Å². The monoisotopic (exact) mass is 358 g/mol. The molecule has 1 amide bonds. The smallest absolute Gasteiger partial charge is 0.407 e. The quantitative estimate of drug-likeness (QED) is 0.827. The molecule has 0 radical (unpaired) electrons. The zero-order chi connectivity index (χ0) is 18.6. The lowest BCUT2D eigenvalue weighted by molar-refractivity contribution is 0.00470. The number of benzene rings is 1. The summed E-state index contributed by atoms with van der Waals surface area (Å²) in [7, 11) is 0. The molecular formula is C22H34N2O2. The molecule has 1 N–H and O–H groups in total. The van der Waals surface area contributed by atoms with Crippen LogP contribution in [0.2, 0.25) is 0 Å². The minimum Gasteiger partial charge on any atom is -0.444 e. The summed E-state index contributed by atoms with van der Waals surface area (Å²) in [5.41, 5.74) is 0.999. The van der Waals surface area contributed by atoms with Gasteiger partial charge in [-0.15, -0.1) is 0 Å². The summed E-state index contributed by atoms with van der Waals surface area (Å²) in [5, 5.41) is 2.93. The van der Waals surface area contributed by atoms with Gasteiger partial charge in [0.1, 0.15) is 5.60 Å². The third-order valence-electron chi connectivity index (χ3n) is 5.65. The molecule has 0 aromatic heterocycles. The first-order valence-electron chi connectivity index (χ1n) is 10.2. The number of nitrogens with one attached hydrogen (secondary N) is 1. The van der Waals surface area contributed by atoms with Crippen LogP contribution < -0.4 is 5.32 Å². The fraction of sp³-hybridized carbons (Fsp3) is 0.682. The highest BCUT2D eigenvalue weighted by Gasteiger charge is 2.37. The van der Waals surface area contributed by atoms with Gasteiger partial charge in [-0.05, 0) is 64.4 Å². The Morgan fingerprint density at radius 2 is 1.81 bits per heavy atom. The van der Waals surface area contributed by atoms with E-state index in [9.17, 15) is 4.79 Å². The van der Waals surface area contributed by atoms with Crippen molar-refractivity contribution in [3.63, 3.8) is 0 Å². The predicted molar refractivity (Wildman–Crippen MR) is 105 cm³/mol. The maximum Gasteiger partial charge on any atom is 0.407 e. The van der Waals surface area contributed by atoms with Crippen LogP contribution in [0.3, 0.4) is 0 Å². The number of rotatable bonds is 5. The Morgan fingerprint density at radius 3 is 2.42 bits per heavy atom. The molecule has 4 heteroatoms. The zero-order valence-electron chi connectivity index (χ0n) is 16.5. The zero-order valence-corrected chi connectivity index (χ0v) is 16.5. The third-order valence-corrected chi connectivity index (χ3v) is 5.65. The molecule has 4 nitrogen and oxygen atoms in total. The summed E-state index contributed by atoms with van der Waals surface area (Å²) in [5.74, 6) is 0.715. The third kappa shape index (κ3) is 5.47. The highest BCUT2D eigenvalue weighted by Crippen LogP contribution is 2.39. The normalized spacial score (nSPS) is 26.3. The molecule has 1 aromatic carbocycles. The van der Waals surface area contributed by atoms with E-state index in [-0.39, 0.29) is 6.09 Å². The van der Waals surface area contributed by atoms with Crippen LogP contribution in [0.25, 0.3) is 0 Å². The van der Waals surface area contributed by atoms with Gasteiger partial charge >= 0.3 is 6.09 Å². The number of hydrogen-bond acceptors (Lipinski definition) is 3. The van der Waals surface area contributed by atoms with Crippen molar-refractivity contribution < 1.29 is 9.53 Å². The highest BCUT2D eigenvalue weighted by molar-refractivity contribution is 5.67. The molecule has 0 aliphatic carbocycles. The molecular weight excluding hydrogens is 324 g/mol. The molecule has 2 unspecified atom stereocenters. The van der Waals surface area contributed by atoms with Crippen LogP contribution in [0, 0.1) is 5.92 Å². The lowest BCUT2D eigenvalue weighted by Gasteiger charge is -2.49. The molecule has 2 bridgehead atoms. The van der Waals surface area contributed by atoms with Crippen LogP contribution in [0.4, 0.5) is 4.79 Å². The van der Waals surface area contributed by atoms with E-state index in [1.807, 2.05) is 20.8 Å². The Hall–Kier alpha value is -1.55. The molecule has 2 saturated heterocycles. The van der Waals surface area contributed by atoms with Crippen molar-refractivity contribution in [1.82, 2.24) is 10.2 Å². The summed E-state index contributed by atoms with van der Waals surface area (Å²) >= 11 is 0. The molecule has 2 fully saturated rings. The highest BCUT2D eigenvalue weighted by atomic mass is 16.6. The molecule has 2 atom stereocenters. The second-order valence-electron chi connectivity index (χ2n) is 8.95. The van der Waals surface area contributed by atoms with Gasteiger partial charge in [0, 0.05) is 25.2 Å². The van der Waals surface area contributed by atoms with E-state index in [2.05, 4.69) is 40.5 Å². The van der Waals surface area contributed by atoms with E-state index >= 15 is 0 Å². The van der Waals surface area contributed by atoms with Gasteiger partial charge in [-0.1, -0.05) is 36.8 Å². The first-order chi connectivity index (χ1) is 12.4. The van der Waals surface area contributed by atoms with Crippen LogP contribution in [0.15, 0.2) is 30.3 Å². The van der Waals surface area contributed by atoms with Crippen LogP contribution in [-0.4, -0.2) is 35.2 Å². The maximum absolute atomic E-state index is 11.8. The number of carbonyl (C=O) groups is 1. The summed E-state index contributed by atoms with van der Waals surface area (Å²) in [6.07, 6.45) is 7.30. The minimum absolute atomic E-state index is 0.292. The fourth-order valence-electron chi connectivity index (χ4n) is 4.57. The van der Waals surface area contributed by atoms with Gasteiger partial charge in [0.05, 0.1) is 0 Å². The van der Waals surface area contributed by atoms with Gasteiger partial charge in [0.25, 0.3) is 0 Å². The minimum atomic E-state index is -0.427. The molecule has 144 valence electrons. The van der Waals surface area contributed by atoms with Gasteiger partial charge in [-0.2, -0.15) is 0 Å². The molecule has 3 rings (SSSR count). The summed E-state index contributed by atoms with van der Waals surface area (Å²) in [4.78, 5) is 14.6. The molecule has 1 aromatic rings. The number of piperidine rings is 2. The maximum atomic E-state index is 11.8. The Labute approximate surface area is 158 Å². The van der Waals surface area contributed by atoms with Gasteiger partial charge in [0.2, 0.25) is 0 Å². The van der Waals surface area contributed by atoms with Crippen molar-refractivity contribution in [2.45, 2.75) is 83.5 Å². The lowest BCUT2D eigenvalue weighted by Crippen LogP contribution is -2.51. The van der Waals surface area contributed by atoms with E-state index in [4.69, 9.17) is 4.74 Å². The van der Waals surface area contributed by atoms with Gasteiger partial charge in [-0.3, -0.25) is 4.90 Å². The van der Waals surface area contributed by atoms with E-state index in [0.29, 0.717) is 18.0 Å². The Balaban J connectivity index is 1.48. The lowest BCUT2D eigenvalue weighted by atomic mass is 9.77. The van der Waals surface area contributed by atoms with E-state index in [0.717, 1.165) is 19.5 Å². The number of hydrogen-bond donors (Lipinski definition) is 1. The van der Waals surface area contributed by atoms with Crippen LogP contribution in [0.1, 0.15) is 64.9 Å². The molecule has 2 heterocycles. The predicted octanol–water partition coefficient (Wildman–Crippen LogP) is 4.73. The van der Waals surface area contributed by atoms with E-state index < -0.39 is 5.60 Å². The fourth-order valence-corrected chi connectivity index (χ4v) is 4.57. The first-order valence-corrected chi connectivity index (χ1v) is 10.2. The first kappa shape index (κ1) is 19.2. The second kappa shape index (κ2) is 8.43. The van der Waals surface area contributed by atoms with Gasteiger partial charge in [0.15, 0.2) is 0 Å². The van der Waals surface area contributed by atoms with Crippen molar-refractivity contribution in [3.05, 3.63) is 35.9 Å². The average Bonchev–Trinajstić information content (AvgIpc) is 2.54. The van der Waals surface area contributed by atoms with Crippen LogP contribution >= 0.6 is 0 Å². The molecule has 26 heavy (non-hydrogen) atoms.